The van der Waals surface area contributed by atoms with Crippen LogP contribution in [-0.4, -0.2) is 30.5 Å². The van der Waals surface area contributed by atoms with Gasteiger partial charge in [0.1, 0.15) is 12.7 Å². The lowest BCUT2D eigenvalue weighted by Gasteiger charge is -2.07. The Morgan fingerprint density at radius 3 is 2.48 bits per heavy atom. The molecule has 0 spiro atoms. The highest BCUT2D eigenvalue weighted by Gasteiger charge is 2.13. The molecule has 7 nitrogen and oxygen atoms in total. The molecule has 0 bridgehead atoms. The molecule has 3 rings (SSSR count). The average Bonchev–Trinajstić information content (AvgIpc) is 3.08. The van der Waals surface area contributed by atoms with Crippen LogP contribution in [0.1, 0.15) is 11.3 Å². The minimum atomic E-state index is -0.0612. The molecule has 0 aliphatic rings. The van der Waals surface area contributed by atoms with Gasteiger partial charge in [0, 0.05) is 12.6 Å². The fourth-order valence-electron chi connectivity index (χ4n) is 2.17. The van der Waals surface area contributed by atoms with E-state index in [0.717, 1.165) is 11.4 Å². The molecule has 7 heteroatoms. The van der Waals surface area contributed by atoms with Gasteiger partial charge in [-0.1, -0.05) is 18.2 Å². The van der Waals surface area contributed by atoms with Crippen molar-refractivity contribution in [3.63, 3.8) is 0 Å². The number of hydrogen-bond donors (Lipinski definition) is 0. The van der Waals surface area contributed by atoms with Gasteiger partial charge in [-0.05, 0) is 19.1 Å². The maximum absolute atomic E-state index is 12.4. The van der Waals surface area contributed by atoms with Gasteiger partial charge in [-0.25, -0.2) is 9.36 Å². The fourth-order valence-corrected chi connectivity index (χ4v) is 2.17. The summed E-state index contributed by atoms with van der Waals surface area (Å²) >= 11 is 0. The molecule has 0 atom stereocenters. The smallest absolute Gasteiger partial charge is 0.274 e. The second-order valence-electron chi connectivity index (χ2n) is 4.57. The largest absolute Gasteiger partial charge is 0.279 e. The van der Waals surface area contributed by atoms with E-state index in [1.54, 1.807) is 22.5 Å². The lowest BCUT2D eigenvalue weighted by Crippen LogP contribution is -2.20. The molecule has 0 N–H and O–H groups in total. The van der Waals surface area contributed by atoms with Crippen LogP contribution in [0.2, 0.25) is 0 Å². The van der Waals surface area contributed by atoms with Crippen LogP contribution in [-0.2, 0) is 7.05 Å². The first-order valence-corrected chi connectivity index (χ1v) is 6.41. The highest BCUT2D eigenvalue weighted by atomic mass is 16.1. The maximum Gasteiger partial charge on any atom is 0.274 e. The molecule has 3 aromatic rings. The van der Waals surface area contributed by atoms with E-state index in [-0.39, 0.29) is 5.56 Å². The van der Waals surface area contributed by atoms with Gasteiger partial charge in [0.15, 0.2) is 0 Å². The minimum Gasteiger partial charge on any atom is -0.279 e. The minimum absolute atomic E-state index is 0.0612. The maximum atomic E-state index is 12.4. The van der Waals surface area contributed by atoms with Crippen LogP contribution in [0.15, 0.2) is 52.9 Å². The Morgan fingerprint density at radius 1 is 1.14 bits per heavy atom. The molecule has 21 heavy (non-hydrogen) atoms. The molecule has 1 aromatic carbocycles. The van der Waals surface area contributed by atoms with Gasteiger partial charge < -0.3 is 0 Å². The van der Waals surface area contributed by atoms with Gasteiger partial charge >= 0.3 is 0 Å². The quantitative estimate of drug-likeness (QED) is 0.672. The molecule has 0 fully saturated rings. The summed E-state index contributed by atoms with van der Waals surface area (Å²) in [4.78, 5) is 12.4. The highest BCUT2D eigenvalue weighted by molar-refractivity contribution is 5.79. The van der Waals surface area contributed by atoms with E-state index in [2.05, 4.69) is 15.3 Å². The predicted octanol–water partition coefficient (Wildman–Crippen LogP) is 0.958. The van der Waals surface area contributed by atoms with Gasteiger partial charge in [0.25, 0.3) is 5.56 Å². The zero-order chi connectivity index (χ0) is 14.8. The summed E-state index contributed by atoms with van der Waals surface area (Å²) in [5.74, 6) is 0. The Kier molecular flexibility index (Phi) is 3.23. The third-order valence-corrected chi connectivity index (χ3v) is 3.27. The van der Waals surface area contributed by atoms with Crippen molar-refractivity contribution in [2.75, 3.05) is 0 Å². The summed E-state index contributed by atoms with van der Waals surface area (Å²) in [6, 6.07) is 9.49. The summed E-state index contributed by atoms with van der Waals surface area (Å²) < 4.78 is 4.87. The molecular formula is C14H14N6O. The van der Waals surface area contributed by atoms with Crippen molar-refractivity contribution in [3.05, 3.63) is 64.6 Å². The van der Waals surface area contributed by atoms with Crippen molar-refractivity contribution < 1.29 is 0 Å². The lowest BCUT2D eigenvalue weighted by molar-refractivity contribution is 0.642. The Bertz CT molecular complexity index is 826. The van der Waals surface area contributed by atoms with Gasteiger partial charge in [-0.15, -0.1) is 10.2 Å². The van der Waals surface area contributed by atoms with E-state index in [0.29, 0.717) is 5.56 Å². The van der Waals surface area contributed by atoms with Crippen molar-refractivity contribution in [2.24, 2.45) is 12.1 Å². The first-order valence-electron chi connectivity index (χ1n) is 6.41. The van der Waals surface area contributed by atoms with E-state index in [1.165, 1.54) is 17.3 Å². The van der Waals surface area contributed by atoms with E-state index < -0.39 is 0 Å². The van der Waals surface area contributed by atoms with Crippen molar-refractivity contribution in [2.45, 2.75) is 6.92 Å². The molecule has 106 valence electrons. The summed E-state index contributed by atoms with van der Waals surface area (Å²) in [5.41, 5.74) is 2.13. The first kappa shape index (κ1) is 13.0. The standard InChI is InChI=1S/C14H14N6O/c1-11-13(8-17-19-9-15-16-10-19)18(2)20(14(11)21)12-6-4-3-5-7-12/h3-10H,1-2H3. The van der Waals surface area contributed by atoms with E-state index in [4.69, 9.17) is 0 Å². The van der Waals surface area contributed by atoms with Crippen LogP contribution >= 0.6 is 0 Å². The number of hydrogen-bond acceptors (Lipinski definition) is 4. The summed E-state index contributed by atoms with van der Waals surface area (Å²) in [6.07, 6.45) is 4.59. The molecule has 0 unspecified atom stereocenters. The highest BCUT2D eigenvalue weighted by Crippen LogP contribution is 2.08. The summed E-state index contributed by atoms with van der Waals surface area (Å²) in [6.45, 7) is 1.79. The Hall–Kier alpha value is -2.96. The van der Waals surface area contributed by atoms with E-state index in [1.807, 2.05) is 37.4 Å². The van der Waals surface area contributed by atoms with Gasteiger partial charge in [-0.2, -0.15) is 5.10 Å². The summed E-state index contributed by atoms with van der Waals surface area (Å²) in [7, 11) is 1.83. The van der Waals surface area contributed by atoms with Gasteiger partial charge in [0.05, 0.1) is 17.6 Å². The SMILES string of the molecule is Cc1c(C=Nn2cnnc2)n(C)n(-c2ccccc2)c1=O. The van der Waals surface area contributed by atoms with Crippen molar-refractivity contribution >= 4 is 6.21 Å². The average molecular weight is 282 g/mol. The number of para-hydroxylation sites is 1. The zero-order valence-electron chi connectivity index (χ0n) is 11.7. The lowest BCUT2D eigenvalue weighted by atomic mass is 10.3. The monoisotopic (exact) mass is 282 g/mol. The third kappa shape index (κ3) is 2.29. The van der Waals surface area contributed by atoms with Crippen LogP contribution in [0.5, 0.6) is 0 Å². The topological polar surface area (TPSA) is 70.0 Å². The molecule has 0 aliphatic heterocycles. The normalized spacial score (nSPS) is 11.3. The molecule has 0 aliphatic carbocycles. The van der Waals surface area contributed by atoms with Crippen LogP contribution < -0.4 is 5.56 Å². The number of benzene rings is 1. The van der Waals surface area contributed by atoms with Crippen molar-refractivity contribution in [1.29, 1.82) is 0 Å². The first-order chi connectivity index (χ1) is 10.2. The van der Waals surface area contributed by atoms with Gasteiger partial charge in [-0.3, -0.25) is 9.48 Å². The fraction of sp³-hybridized carbons (Fsp3) is 0.143. The van der Waals surface area contributed by atoms with E-state index in [9.17, 15) is 4.79 Å². The second-order valence-corrected chi connectivity index (χ2v) is 4.57. The Morgan fingerprint density at radius 2 is 1.81 bits per heavy atom. The third-order valence-electron chi connectivity index (χ3n) is 3.27. The number of nitrogens with zero attached hydrogens (tertiary/aromatic N) is 6. The van der Waals surface area contributed by atoms with E-state index >= 15 is 0 Å². The van der Waals surface area contributed by atoms with Crippen LogP contribution in [0.25, 0.3) is 5.69 Å². The summed E-state index contributed by atoms with van der Waals surface area (Å²) in [5, 5.41) is 11.6. The molecule has 0 saturated heterocycles. The van der Waals surface area contributed by atoms with Crippen LogP contribution in [0.3, 0.4) is 0 Å². The second kappa shape index (κ2) is 5.20. The predicted molar refractivity (Wildman–Crippen MR) is 78.8 cm³/mol. The molecule has 2 aromatic heterocycles. The molecule has 0 saturated carbocycles. The van der Waals surface area contributed by atoms with Crippen LogP contribution in [0, 0.1) is 6.92 Å². The number of aromatic nitrogens is 5. The molecule has 0 radical (unpaired) electrons. The van der Waals surface area contributed by atoms with Crippen molar-refractivity contribution in [1.82, 2.24) is 24.2 Å². The molecule has 2 heterocycles. The van der Waals surface area contributed by atoms with Gasteiger partial charge in [0.2, 0.25) is 0 Å². The zero-order valence-corrected chi connectivity index (χ0v) is 11.7. The molecule has 0 amide bonds. The molecular weight excluding hydrogens is 268 g/mol. The van der Waals surface area contributed by atoms with Crippen LogP contribution in [0.4, 0.5) is 0 Å². The number of rotatable bonds is 3. The Balaban J connectivity index is 2.10. The Labute approximate surface area is 120 Å². The van der Waals surface area contributed by atoms with Crippen molar-refractivity contribution in [3.8, 4) is 5.69 Å².